The second-order valence-electron chi connectivity index (χ2n) is 10.0. The van der Waals surface area contributed by atoms with E-state index in [1.165, 1.54) is 10.9 Å². The number of rotatable bonds is 2. The van der Waals surface area contributed by atoms with Crippen molar-refractivity contribution in [2.75, 3.05) is 24.7 Å². The van der Waals surface area contributed by atoms with Gasteiger partial charge in [-0.25, -0.2) is 28.7 Å². The number of nitrogens with zero attached hydrogens (tertiary/aromatic N) is 7. The van der Waals surface area contributed by atoms with Crippen molar-refractivity contribution in [2.24, 2.45) is 0 Å². The van der Waals surface area contributed by atoms with Crippen LogP contribution in [-0.4, -0.2) is 98.8 Å². The topological polar surface area (TPSA) is 255 Å². The van der Waals surface area contributed by atoms with Crippen molar-refractivity contribution in [3.8, 4) is 0 Å². The van der Waals surface area contributed by atoms with Gasteiger partial charge in [-0.3, -0.25) is 28.0 Å². The molecular formula is C20H22F2N10O9P2S2. The van der Waals surface area contributed by atoms with E-state index in [2.05, 4.69) is 29.9 Å². The van der Waals surface area contributed by atoms with Crippen molar-refractivity contribution in [1.82, 2.24) is 39.0 Å². The minimum absolute atomic E-state index is 0.0442. The third-order valence-corrected chi connectivity index (χ3v) is 10.4. The minimum atomic E-state index is -4.35. The molecule has 25 heteroatoms. The van der Waals surface area contributed by atoms with E-state index in [4.69, 9.17) is 62.6 Å². The van der Waals surface area contributed by atoms with E-state index < -0.39 is 81.4 Å². The molecule has 0 aromatic carbocycles. The zero-order valence-electron chi connectivity index (χ0n) is 22.3. The smallest absolute Gasteiger partial charge is 0.325 e. The Hall–Kier alpha value is -2.66. The Labute approximate surface area is 259 Å². The van der Waals surface area contributed by atoms with E-state index in [9.17, 15) is 14.6 Å². The van der Waals surface area contributed by atoms with Crippen molar-refractivity contribution >= 4 is 71.1 Å². The third kappa shape index (κ3) is 5.55. The molecule has 0 unspecified atom stereocenters. The van der Waals surface area contributed by atoms with Crippen LogP contribution in [-0.2, 0) is 51.2 Å². The average Bonchev–Trinajstić information content (AvgIpc) is 3.72. The summed E-state index contributed by atoms with van der Waals surface area (Å²) in [4.78, 5) is 56.6. The number of ether oxygens (including phenoxy) is 2. The van der Waals surface area contributed by atoms with E-state index in [0.717, 1.165) is 17.2 Å². The van der Waals surface area contributed by atoms with Crippen LogP contribution in [0.25, 0.3) is 22.3 Å². The predicted octanol–water partition coefficient (Wildman–Crippen LogP) is -0.154. The Kier molecular flexibility index (Phi) is 7.74. The van der Waals surface area contributed by atoms with Crippen molar-refractivity contribution < 1.29 is 46.1 Å². The van der Waals surface area contributed by atoms with Gasteiger partial charge >= 0.3 is 13.4 Å². The van der Waals surface area contributed by atoms with Crippen LogP contribution >= 0.6 is 13.4 Å². The summed E-state index contributed by atoms with van der Waals surface area (Å²) >= 11 is 10.3. The standard InChI is InChI=1S/C20H22F2N10O9P2S2/c21-8-6-1-36-42(34,44)40-12-7(39-18(9(12)22)31-4-27-10-14(23)25-3-26-15(10)31)2-37-43(35,45)41-13(8)19(38-6)32-5-28-11-16(32)29-20(24)30-17(11)33/h3-9,12-13,18-19H,1-2H2,(H,34,44)(H,35,45)(H2,23,25,26)(H3,24,29,30,33)/t6-,7-,8-,9+,12-,13-,18-,19-,42-,43-/m1/s1. The molecule has 3 aliphatic heterocycles. The van der Waals surface area contributed by atoms with Crippen LogP contribution in [0.15, 0.2) is 23.8 Å². The fourth-order valence-electron chi connectivity index (χ4n) is 5.23. The fourth-order valence-corrected chi connectivity index (χ4v) is 8.07. The molecule has 7 rings (SSSR count). The van der Waals surface area contributed by atoms with Crippen LogP contribution < -0.4 is 17.0 Å². The lowest BCUT2D eigenvalue weighted by Crippen LogP contribution is -2.34. The van der Waals surface area contributed by atoms with Gasteiger partial charge in [-0.05, 0) is 23.6 Å². The fraction of sp³-hybridized carbons (Fsp3) is 0.500. The van der Waals surface area contributed by atoms with E-state index in [-0.39, 0.29) is 34.1 Å². The first kappa shape index (κ1) is 31.0. The molecule has 7 N–H and O–H groups in total. The van der Waals surface area contributed by atoms with Gasteiger partial charge in [-0.2, -0.15) is 4.98 Å². The Morgan fingerprint density at radius 3 is 2.22 bits per heavy atom. The van der Waals surface area contributed by atoms with Gasteiger partial charge < -0.3 is 39.8 Å². The highest BCUT2D eigenvalue weighted by molar-refractivity contribution is 8.07. The number of nitrogens with one attached hydrogen (secondary N) is 1. The summed E-state index contributed by atoms with van der Waals surface area (Å²) in [6.07, 6.45) is -9.65. The number of aromatic nitrogens is 8. The van der Waals surface area contributed by atoms with Gasteiger partial charge in [-0.15, -0.1) is 0 Å². The lowest BCUT2D eigenvalue weighted by molar-refractivity contribution is -0.0599. The van der Waals surface area contributed by atoms with Gasteiger partial charge in [0.05, 0.1) is 25.9 Å². The molecule has 242 valence electrons. The molecule has 3 saturated heterocycles. The SMILES string of the molecule is Nc1nc2c(ncn2[C@@H]2O[C@@H]3CO[P@@](O)(=S)O[C@H]4[C@H](F)[C@H](n5cnc6c(N)ncnc65)O[C@@H]4CO[P@@](O)(=S)O[C@@H]2[C@@H]3F)c(=O)[nH]1. The molecule has 0 radical (unpaired) electrons. The van der Waals surface area contributed by atoms with Crippen LogP contribution in [0.3, 0.4) is 0 Å². The maximum Gasteiger partial charge on any atom is 0.325 e. The lowest BCUT2D eigenvalue weighted by Gasteiger charge is -2.27. The highest BCUT2D eigenvalue weighted by Gasteiger charge is 2.53. The summed E-state index contributed by atoms with van der Waals surface area (Å²) in [5.74, 6) is -0.213. The number of fused-ring (bicyclic) bond motifs is 5. The summed E-state index contributed by atoms with van der Waals surface area (Å²) in [5, 5.41) is 0. The maximum atomic E-state index is 16.0. The molecule has 19 nitrogen and oxygen atoms in total. The summed E-state index contributed by atoms with van der Waals surface area (Å²) in [6.45, 7) is -10.0. The van der Waals surface area contributed by atoms with Crippen LogP contribution in [0.5, 0.6) is 0 Å². The van der Waals surface area contributed by atoms with Crippen LogP contribution in [0, 0.1) is 0 Å². The van der Waals surface area contributed by atoms with Crippen LogP contribution in [0.4, 0.5) is 20.5 Å². The van der Waals surface area contributed by atoms with Crippen LogP contribution in [0.2, 0.25) is 0 Å². The third-order valence-electron chi connectivity index (χ3n) is 7.23. The van der Waals surface area contributed by atoms with Crippen molar-refractivity contribution in [1.29, 1.82) is 0 Å². The largest absolute Gasteiger partial charge is 0.382 e. The molecule has 0 aliphatic carbocycles. The second kappa shape index (κ2) is 11.2. The predicted molar refractivity (Wildman–Crippen MR) is 155 cm³/mol. The molecule has 3 fully saturated rings. The first-order valence-corrected chi connectivity index (χ1v) is 18.1. The Bertz CT molecular complexity index is 1950. The monoisotopic (exact) mass is 710 g/mol. The average molecular weight is 711 g/mol. The molecule has 0 amide bonds. The van der Waals surface area contributed by atoms with Gasteiger partial charge in [0, 0.05) is 0 Å². The number of hydrogen-bond donors (Lipinski definition) is 5. The summed E-state index contributed by atoms with van der Waals surface area (Å²) in [6, 6.07) is 0. The van der Waals surface area contributed by atoms with Gasteiger partial charge in [0.2, 0.25) is 5.95 Å². The van der Waals surface area contributed by atoms with Crippen molar-refractivity contribution in [3.63, 3.8) is 0 Å². The molecule has 4 aromatic heterocycles. The Morgan fingerprint density at radius 2 is 1.49 bits per heavy atom. The first-order chi connectivity index (χ1) is 21.3. The number of alkyl halides is 2. The zero-order chi connectivity index (χ0) is 31.8. The summed E-state index contributed by atoms with van der Waals surface area (Å²) in [7, 11) is 0. The highest BCUT2D eigenvalue weighted by Crippen LogP contribution is 2.54. The quantitative estimate of drug-likeness (QED) is 0.169. The van der Waals surface area contributed by atoms with Crippen LogP contribution in [0.1, 0.15) is 12.5 Å². The number of nitrogens with two attached hydrogens (primary N) is 2. The molecule has 3 aliphatic rings. The van der Waals surface area contributed by atoms with E-state index >= 15 is 8.78 Å². The Morgan fingerprint density at radius 1 is 0.867 bits per heavy atom. The number of nitrogen functional groups attached to an aromatic ring is 2. The number of aromatic amines is 1. The van der Waals surface area contributed by atoms with Gasteiger partial charge in [0.25, 0.3) is 5.56 Å². The van der Waals surface area contributed by atoms with Crippen molar-refractivity contribution in [2.45, 2.75) is 49.2 Å². The minimum Gasteiger partial charge on any atom is -0.382 e. The molecule has 4 aromatic rings. The van der Waals surface area contributed by atoms with E-state index in [1.807, 2.05) is 0 Å². The summed E-state index contributed by atoms with van der Waals surface area (Å²) in [5.41, 5.74) is 10.9. The van der Waals surface area contributed by atoms with Gasteiger partial charge in [-0.1, -0.05) is 0 Å². The number of hydrogen-bond acceptors (Lipinski definition) is 16. The molecule has 45 heavy (non-hydrogen) atoms. The molecule has 0 spiro atoms. The second-order valence-corrected chi connectivity index (χ2v) is 15.6. The molecule has 7 heterocycles. The Balaban J connectivity index is 1.21. The molecule has 0 saturated carbocycles. The zero-order valence-corrected chi connectivity index (χ0v) is 25.7. The molecular weight excluding hydrogens is 688 g/mol. The highest BCUT2D eigenvalue weighted by atomic mass is 32.5. The first-order valence-electron chi connectivity index (χ1n) is 12.9. The number of halogens is 2. The summed E-state index contributed by atoms with van der Waals surface area (Å²) < 4.78 is 67.9. The van der Waals surface area contributed by atoms with E-state index in [0.29, 0.717) is 0 Å². The van der Waals surface area contributed by atoms with Gasteiger partial charge in [0.1, 0.15) is 36.3 Å². The number of H-pyrrole nitrogens is 1. The lowest BCUT2D eigenvalue weighted by atomic mass is 10.1. The van der Waals surface area contributed by atoms with Crippen molar-refractivity contribution in [3.05, 3.63) is 29.3 Å². The number of imidazole rings is 2. The maximum absolute atomic E-state index is 16.0. The molecule has 10 atom stereocenters. The molecule has 2 bridgehead atoms. The van der Waals surface area contributed by atoms with E-state index in [1.54, 1.807) is 0 Å². The number of anilines is 2. The van der Waals surface area contributed by atoms with Gasteiger partial charge in [0.15, 0.2) is 47.4 Å². The normalized spacial score (nSPS) is 37.7.